The number of benzene rings is 2. The van der Waals surface area contributed by atoms with Gasteiger partial charge < -0.3 is 10.6 Å². The second-order valence-electron chi connectivity index (χ2n) is 7.62. The van der Waals surface area contributed by atoms with E-state index in [1.54, 1.807) is 0 Å². The number of fused-ring (bicyclic) bond motifs is 1. The van der Waals surface area contributed by atoms with E-state index in [0.717, 1.165) is 29.8 Å². The van der Waals surface area contributed by atoms with Crippen LogP contribution in [0.3, 0.4) is 0 Å². The molecule has 0 bridgehead atoms. The first kappa shape index (κ1) is 20.4. The van der Waals surface area contributed by atoms with E-state index in [4.69, 9.17) is 10.4 Å². The molecule has 3 N–H and O–H groups in total. The topological polar surface area (TPSA) is 140 Å². The summed E-state index contributed by atoms with van der Waals surface area (Å²) < 4.78 is 6.07. The summed E-state index contributed by atoms with van der Waals surface area (Å²) in [5.74, 6) is -0.281. The molecule has 11 nitrogen and oxygen atoms in total. The Bertz CT molecular complexity index is 1330. The number of nitrogens with one attached hydrogen (secondary N) is 1. The molecule has 1 aliphatic carbocycles. The normalized spacial score (nSPS) is 13.8. The van der Waals surface area contributed by atoms with Gasteiger partial charge in [0.25, 0.3) is 5.91 Å². The molecule has 1 amide bonds. The van der Waals surface area contributed by atoms with Gasteiger partial charge in [-0.25, -0.2) is 10.1 Å². The molecular formula is C22H21N9O2. The zero-order valence-electron chi connectivity index (χ0n) is 17.8. The summed E-state index contributed by atoms with van der Waals surface area (Å²) in [7, 11) is 1.90. The third-order valence-corrected chi connectivity index (χ3v) is 5.51. The van der Waals surface area contributed by atoms with Crippen molar-refractivity contribution in [1.29, 1.82) is 0 Å². The van der Waals surface area contributed by atoms with Gasteiger partial charge in [-0.05, 0) is 40.9 Å². The third kappa shape index (κ3) is 3.91. The van der Waals surface area contributed by atoms with Crippen LogP contribution in [0.5, 0.6) is 0 Å². The summed E-state index contributed by atoms with van der Waals surface area (Å²) >= 11 is 0. The number of hydrogen-bond donors (Lipinski definition) is 2. The SMILES string of the molecule is CN(Cc1c(C(=O)N/N=C2/CCc3ccccc32)nnn1-c1nonc1N)c1ccccc1. The molecule has 166 valence electrons. The van der Waals surface area contributed by atoms with Crippen molar-refractivity contribution in [3.8, 4) is 5.82 Å². The van der Waals surface area contributed by atoms with E-state index in [1.807, 2.05) is 60.5 Å². The van der Waals surface area contributed by atoms with Gasteiger partial charge in [-0.15, -0.1) is 5.10 Å². The molecule has 0 saturated carbocycles. The highest BCUT2D eigenvalue weighted by Crippen LogP contribution is 2.23. The predicted octanol–water partition coefficient (Wildman–Crippen LogP) is 1.95. The maximum absolute atomic E-state index is 13.1. The Labute approximate surface area is 188 Å². The fraction of sp³-hybridized carbons (Fsp3) is 0.182. The number of para-hydroxylation sites is 1. The third-order valence-electron chi connectivity index (χ3n) is 5.51. The maximum atomic E-state index is 13.1. The van der Waals surface area contributed by atoms with Gasteiger partial charge >= 0.3 is 0 Å². The molecule has 2 heterocycles. The van der Waals surface area contributed by atoms with Gasteiger partial charge in [-0.2, -0.15) is 9.78 Å². The highest BCUT2D eigenvalue weighted by atomic mass is 16.6. The molecule has 4 aromatic rings. The standard InChI is InChI=1S/C22H21N9O2/c1-30(15-8-3-2-4-9-15)13-18-19(25-29-31(18)21-20(23)27-33-28-21)22(32)26-24-17-12-11-14-7-5-6-10-16(14)17/h2-10H,11-13H2,1H3,(H2,23,27)(H,26,32)/b24-17-. The van der Waals surface area contributed by atoms with Crippen LogP contribution in [0.25, 0.3) is 5.82 Å². The Hall–Kier alpha value is -4.54. The summed E-state index contributed by atoms with van der Waals surface area (Å²) in [5.41, 5.74) is 13.1. The number of aryl methyl sites for hydroxylation is 1. The van der Waals surface area contributed by atoms with Gasteiger partial charge in [0, 0.05) is 18.3 Å². The fourth-order valence-electron chi connectivity index (χ4n) is 3.82. The molecular weight excluding hydrogens is 422 g/mol. The van der Waals surface area contributed by atoms with Crippen molar-refractivity contribution in [2.75, 3.05) is 17.7 Å². The summed E-state index contributed by atoms with van der Waals surface area (Å²) in [6, 6.07) is 17.8. The highest BCUT2D eigenvalue weighted by molar-refractivity contribution is 6.05. The highest BCUT2D eigenvalue weighted by Gasteiger charge is 2.25. The number of aromatic nitrogens is 5. The average molecular weight is 443 g/mol. The number of anilines is 2. The number of nitrogen functional groups attached to an aromatic ring is 1. The largest absolute Gasteiger partial charge is 0.378 e. The number of carbonyl (C=O) groups is 1. The number of hydrogen-bond acceptors (Lipinski definition) is 9. The van der Waals surface area contributed by atoms with Gasteiger partial charge in [-0.1, -0.05) is 47.7 Å². The Morgan fingerprint density at radius 1 is 1.15 bits per heavy atom. The molecule has 0 unspecified atom stereocenters. The molecule has 0 saturated heterocycles. The lowest BCUT2D eigenvalue weighted by molar-refractivity contribution is 0.0948. The lowest BCUT2D eigenvalue weighted by atomic mass is 10.1. The molecule has 0 radical (unpaired) electrons. The Morgan fingerprint density at radius 3 is 2.73 bits per heavy atom. The van der Waals surface area contributed by atoms with Crippen LogP contribution >= 0.6 is 0 Å². The lowest BCUT2D eigenvalue weighted by Gasteiger charge is -2.19. The van der Waals surface area contributed by atoms with Crippen molar-refractivity contribution in [3.63, 3.8) is 0 Å². The first-order valence-electron chi connectivity index (χ1n) is 10.4. The Morgan fingerprint density at radius 2 is 1.94 bits per heavy atom. The summed E-state index contributed by atoms with van der Waals surface area (Å²) in [4.78, 5) is 15.0. The predicted molar refractivity (Wildman–Crippen MR) is 121 cm³/mol. The van der Waals surface area contributed by atoms with Crippen LogP contribution in [0, 0.1) is 0 Å². The van der Waals surface area contributed by atoms with E-state index in [-0.39, 0.29) is 17.3 Å². The first-order chi connectivity index (χ1) is 16.1. The summed E-state index contributed by atoms with van der Waals surface area (Å²) in [6.07, 6.45) is 1.66. The van der Waals surface area contributed by atoms with Crippen LogP contribution in [0.2, 0.25) is 0 Å². The molecule has 1 aliphatic rings. The van der Waals surface area contributed by atoms with E-state index in [2.05, 4.69) is 37.2 Å². The minimum atomic E-state index is -0.482. The molecule has 33 heavy (non-hydrogen) atoms. The van der Waals surface area contributed by atoms with Crippen molar-refractivity contribution >= 4 is 23.1 Å². The molecule has 11 heteroatoms. The smallest absolute Gasteiger partial charge is 0.293 e. The summed E-state index contributed by atoms with van der Waals surface area (Å²) in [6.45, 7) is 0.297. The number of hydrazone groups is 1. The van der Waals surface area contributed by atoms with E-state index in [0.29, 0.717) is 12.2 Å². The molecule has 2 aromatic heterocycles. The van der Waals surface area contributed by atoms with Gasteiger partial charge in [0.15, 0.2) is 5.69 Å². The lowest BCUT2D eigenvalue weighted by Crippen LogP contribution is -2.25. The zero-order valence-corrected chi connectivity index (χ0v) is 17.8. The monoisotopic (exact) mass is 443 g/mol. The molecule has 0 atom stereocenters. The van der Waals surface area contributed by atoms with Crippen LogP contribution in [-0.2, 0) is 13.0 Å². The van der Waals surface area contributed by atoms with E-state index in [9.17, 15) is 4.79 Å². The first-order valence-corrected chi connectivity index (χ1v) is 10.4. The molecule has 0 fully saturated rings. The van der Waals surface area contributed by atoms with Gasteiger partial charge in [-0.3, -0.25) is 4.79 Å². The van der Waals surface area contributed by atoms with Crippen LogP contribution in [-0.4, -0.2) is 44.0 Å². The number of carbonyl (C=O) groups excluding carboxylic acids is 1. The van der Waals surface area contributed by atoms with Crippen LogP contribution < -0.4 is 16.1 Å². The Kier molecular flexibility index (Phi) is 5.27. The van der Waals surface area contributed by atoms with Gasteiger partial charge in [0.1, 0.15) is 0 Å². The van der Waals surface area contributed by atoms with Crippen LogP contribution in [0.4, 0.5) is 11.5 Å². The van der Waals surface area contributed by atoms with Crippen LogP contribution in [0.1, 0.15) is 33.7 Å². The zero-order chi connectivity index (χ0) is 22.8. The van der Waals surface area contributed by atoms with Crippen molar-refractivity contribution in [3.05, 3.63) is 77.1 Å². The van der Waals surface area contributed by atoms with Gasteiger partial charge in [0.05, 0.1) is 18.0 Å². The second-order valence-corrected chi connectivity index (χ2v) is 7.62. The van der Waals surface area contributed by atoms with Crippen LogP contribution in [0.15, 0.2) is 64.3 Å². The number of amides is 1. The number of nitrogens with zero attached hydrogens (tertiary/aromatic N) is 7. The minimum absolute atomic E-state index is 0.0401. The van der Waals surface area contributed by atoms with E-state index < -0.39 is 5.91 Å². The number of nitrogens with two attached hydrogens (primary N) is 1. The van der Waals surface area contributed by atoms with Gasteiger partial charge in [0.2, 0.25) is 11.6 Å². The van der Waals surface area contributed by atoms with E-state index >= 15 is 0 Å². The van der Waals surface area contributed by atoms with Crippen molar-refractivity contribution < 1.29 is 9.42 Å². The summed E-state index contributed by atoms with van der Waals surface area (Å²) in [5, 5.41) is 20.0. The molecule has 5 rings (SSSR count). The molecule has 2 aromatic carbocycles. The average Bonchev–Trinajstić information content (AvgIpc) is 3.56. The molecule has 0 spiro atoms. The number of rotatable bonds is 6. The van der Waals surface area contributed by atoms with Crippen molar-refractivity contribution in [1.82, 2.24) is 30.7 Å². The van der Waals surface area contributed by atoms with Crippen molar-refractivity contribution in [2.45, 2.75) is 19.4 Å². The molecule has 0 aliphatic heterocycles. The fourth-order valence-corrected chi connectivity index (χ4v) is 3.82. The van der Waals surface area contributed by atoms with E-state index in [1.165, 1.54) is 10.2 Å². The van der Waals surface area contributed by atoms with Crippen molar-refractivity contribution in [2.24, 2.45) is 5.10 Å². The quantitative estimate of drug-likeness (QED) is 0.431. The second kappa shape index (κ2) is 8.54. The Balaban J connectivity index is 1.46. The minimum Gasteiger partial charge on any atom is -0.378 e. The maximum Gasteiger partial charge on any atom is 0.293 e.